The number of thioether (sulfide) groups is 1. The number of aromatic nitrogens is 2. The fourth-order valence-electron chi connectivity index (χ4n) is 3.83. The summed E-state index contributed by atoms with van der Waals surface area (Å²) in [7, 11) is 0. The molecule has 1 fully saturated rings. The van der Waals surface area contributed by atoms with E-state index in [1.807, 2.05) is 53.6 Å². The molecule has 3 aromatic rings. The Kier molecular flexibility index (Phi) is 5.07. The van der Waals surface area contributed by atoms with Crippen molar-refractivity contribution in [2.45, 2.75) is 37.2 Å². The summed E-state index contributed by atoms with van der Waals surface area (Å²) in [6, 6.07) is 16.1. The zero-order valence-electron chi connectivity index (χ0n) is 15.7. The summed E-state index contributed by atoms with van der Waals surface area (Å²) in [5, 5.41) is 3.05. The number of para-hydroxylation sites is 2. The smallest absolute Gasteiger partial charge is 0.322 e. The van der Waals surface area contributed by atoms with Crippen molar-refractivity contribution in [2.75, 3.05) is 18.1 Å². The molecule has 4 rings (SSSR count). The van der Waals surface area contributed by atoms with Crippen molar-refractivity contribution < 1.29 is 4.79 Å². The second kappa shape index (κ2) is 7.64. The van der Waals surface area contributed by atoms with Crippen molar-refractivity contribution in [3.63, 3.8) is 0 Å². The second-order valence-electron chi connectivity index (χ2n) is 6.71. The van der Waals surface area contributed by atoms with Crippen LogP contribution in [0.5, 0.6) is 0 Å². The third-order valence-electron chi connectivity index (χ3n) is 5.15. The van der Waals surface area contributed by atoms with E-state index in [-0.39, 0.29) is 12.1 Å². The number of hydrogen-bond donors (Lipinski definition) is 1. The molecule has 27 heavy (non-hydrogen) atoms. The summed E-state index contributed by atoms with van der Waals surface area (Å²) in [5.41, 5.74) is 2.96. The zero-order valence-corrected chi connectivity index (χ0v) is 16.5. The lowest BCUT2D eigenvalue weighted by Crippen LogP contribution is -2.35. The van der Waals surface area contributed by atoms with Gasteiger partial charge in [0.05, 0.1) is 17.1 Å². The van der Waals surface area contributed by atoms with Crippen LogP contribution in [0.2, 0.25) is 0 Å². The van der Waals surface area contributed by atoms with Gasteiger partial charge in [0.2, 0.25) is 0 Å². The Morgan fingerprint density at radius 1 is 1.22 bits per heavy atom. The summed E-state index contributed by atoms with van der Waals surface area (Å²) < 4.78 is 2.23. The number of amides is 2. The zero-order chi connectivity index (χ0) is 18.8. The number of aryl methyl sites for hydroxylation is 1. The Morgan fingerprint density at radius 3 is 2.74 bits per heavy atom. The molecule has 0 radical (unpaired) electrons. The molecule has 6 heteroatoms. The number of benzene rings is 2. The van der Waals surface area contributed by atoms with Crippen molar-refractivity contribution in [3.05, 3.63) is 54.4 Å². The predicted molar refractivity (Wildman–Crippen MR) is 111 cm³/mol. The SMILES string of the molecule is CCn1c(C2CCCN2C(=O)Nc2ccc(SC)cc2)nc2ccccc21. The molecule has 0 saturated carbocycles. The summed E-state index contributed by atoms with van der Waals surface area (Å²) in [4.78, 5) is 20.9. The molecular formula is C21H24N4OS. The van der Waals surface area contributed by atoms with Gasteiger partial charge in [-0.15, -0.1) is 11.8 Å². The first-order valence-corrected chi connectivity index (χ1v) is 10.6. The average molecular weight is 381 g/mol. The number of carbonyl (C=O) groups excluding carboxylic acids is 1. The monoisotopic (exact) mass is 380 g/mol. The van der Waals surface area contributed by atoms with Crippen molar-refractivity contribution in [3.8, 4) is 0 Å². The molecule has 1 unspecified atom stereocenters. The minimum Gasteiger partial charge on any atom is -0.327 e. The van der Waals surface area contributed by atoms with Gasteiger partial charge >= 0.3 is 6.03 Å². The Labute approximate surface area is 163 Å². The number of likely N-dealkylation sites (tertiary alicyclic amines) is 1. The van der Waals surface area contributed by atoms with Gasteiger partial charge in [-0.3, -0.25) is 0 Å². The van der Waals surface area contributed by atoms with E-state index >= 15 is 0 Å². The standard InChI is InChI=1S/C21H24N4OS/c1-3-24-18-8-5-4-7-17(18)23-20(24)19-9-6-14-25(19)21(26)22-15-10-12-16(27-2)13-11-15/h4-5,7-8,10-13,19H,3,6,9,14H2,1-2H3,(H,22,26). The molecule has 2 heterocycles. The fraction of sp³-hybridized carbons (Fsp3) is 0.333. The van der Waals surface area contributed by atoms with Crippen LogP contribution in [0, 0.1) is 0 Å². The Hall–Kier alpha value is -2.47. The van der Waals surface area contributed by atoms with Crippen molar-refractivity contribution in [2.24, 2.45) is 0 Å². The third kappa shape index (κ3) is 3.41. The molecule has 2 amide bonds. The van der Waals surface area contributed by atoms with Gasteiger partial charge in [0.25, 0.3) is 0 Å². The van der Waals surface area contributed by atoms with Crippen LogP contribution in [0.1, 0.15) is 31.6 Å². The van der Waals surface area contributed by atoms with Crippen molar-refractivity contribution in [1.82, 2.24) is 14.5 Å². The van der Waals surface area contributed by atoms with E-state index in [0.29, 0.717) is 0 Å². The number of imidazole rings is 1. The minimum absolute atomic E-state index is 0.0165. The molecule has 0 bridgehead atoms. The average Bonchev–Trinajstić information content (AvgIpc) is 3.32. The lowest BCUT2D eigenvalue weighted by Gasteiger charge is -2.25. The van der Waals surface area contributed by atoms with Crippen LogP contribution in [0.4, 0.5) is 10.5 Å². The van der Waals surface area contributed by atoms with E-state index in [4.69, 9.17) is 4.98 Å². The van der Waals surface area contributed by atoms with Gasteiger partial charge in [-0.1, -0.05) is 12.1 Å². The van der Waals surface area contributed by atoms with Crippen LogP contribution in [0.25, 0.3) is 11.0 Å². The van der Waals surface area contributed by atoms with E-state index in [1.54, 1.807) is 11.8 Å². The summed E-state index contributed by atoms with van der Waals surface area (Å²) in [6.07, 6.45) is 3.99. The second-order valence-corrected chi connectivity index (χ2v) is 7.59. The number of anilines is 1. The van der Waals surface area contributed by atoms with Crippen LogP contribution in [-0.2, 0) is 6.54 Å². The molecule has 1 aromatic heterocycles. The highest BCUT2D eigenvalue weighted by Crippen LogP contribution is 2.34. The first kappa shape index (κ1) is 17.9. The highest BCUT2D eigenvalue weighted by atomic mass is 32.2. The number of hydrogen-bond acceptors (Lipinski definition) is 3. The Balaban J connectivity index is 1.59. The van der Waals surface area contributed by atoms with E-state index in [1.165, 1.54) is 4.90 Å². The van der Waals surface area contributed by atoms with Crippen LogP contribution < -0.4 is 5.32 Å². The topological polar surface area (TPSA) is 50.2 Å². The number of rotatable bonds is 4. The number of nitrogens with one attached hydrogen (secondary N) is 1. The van der Waals surface area contributed by atoms with E-state index in [2.05, 4.69) is 22.9 Å². The number of carbonyl (C=O) groups is 1. The Morgan fingerprint density at radius 2 is 2.00 bits per heavy atom. The molecule has 0 spiro atoms. The van der Waals surface area contributed by atoms with Crippen molar-refractivity contribution >= 4 is 34.5 Å². The highest BCUT2D eigenvalue weighted by molar-refractivity contribution is 7.98. The van der Waals surface area contributed by atoms with Crippen LogP contribution in [0.3, 0.4) is 0 Å². The predicted octanol–water partition coefficient (Wildman–Crippen LogP) is 5.15. The first-order valence-electron chi connectivity index (χ1n) is 9.38. The largest absolute Gasteiger partial charge is 0.327 e. The van der Waals surface area contributed by atoms with Crippen LogP contribution in [0.15, 0.2) is 53.4 Å². The van der Waals surface area contributed by atoms with Gasteiger partial charge in [0, 0.05) is 23.7 Å². The van der Waals surface area contributed by atoms with Gasteiger partial charge in [-0.05, 0) is 62.4 Å². The summed E-state index contributed by atoms with van der Waals surface area (Å²) in [5.74, 6) is 0.990. The molecule has 0 aliphatic carbocycles. The molecule has 5 nitrogen and oxygen atoms in total. The summed E-state index contributed by atoms with van der Waals surface area (Å²) >= 11 is 1.69. The van der Waals surface area contributed by atoms with Gasteiger partial charge in [-0.25, -0.2) is 9.78 Å². The highest BCUT2D eigenvalue weighted by Gasteiger charge is 2.33. The third-order valence-corrected chi connectivity index (χ3v) is 5.90. The normalized spacial score (nSPS) is 16.8. The quantitative estimate of drug-likeness (QED) is 0.637. The molecule has 1 atom stereocenters. The minimum atomic E-state index is -0.0517. The number of nitrogens with zero attached hydrogens (tertiary/aromatic N) is 3. The van der Waals surface area contributed by atoms with E-state index in [9.17, 15) is 4.79 Å². The maximum Gasteiger partial charge on any atom is 0.322 e. The lowest BCUT2D eigenvalue weighted by atomic mass is 10.2. The van der Waals surface area contributed by atoms with Crippen LogP contribution >= 0.6 is 11.8 Å². The number of urea groups is 1. The molecule has 1 aliphatic heterocycles. The summed E-state index contributed by atoms with van der Waals surface area (Å²) in [6.45, 7) is 3.73. The Bertz CT molecular complexity index is 950. The lowest BCUT2D eigenvalue weighted by molar-refractivity contribution is 0.204. The first-order chi connectivity index (χ1) is 13.2. The van der Waals surface area contributed by atoms with Gasteiger partial charge < -0.3 is 14.8 Å². The van der Waals surface area contributed by atoms with Crippen LogP contribution in [-0.4, -0.2) is 33.3 Å². The van der Waals surface area contributed by atoms with Crippen molar-refractivity contribution in [1.29, 1.82) is 0 Å². The fourth-order valence-corrected chi connectivity index (χ4v) is 4.24. The molecule has 1 aliphatic rings. The van der Waals surface area contributed by atoms with E-state index < -0.39 is 0 Å². The maximum absolute atomic E-state index is 12.9. The number of fused-ring (bicyclic) bond motifs is 1. The van der Waals surface area contributed by atoms with Gasteiger partial charge in [0.15, 0.2) is 0 Å². The van der Waals surface area contributed by atoms with E-state index in [0.717, 1.165) is 48.5 Å². The van der Waals surface area contributed by atoms with Gasteiger partial charge in [0.1, 0.15) is 5.82 Å². The van der Waals surface area contributed by atoms with Gasteiger partial charge in [-0.2, -0.15) is 0 Å². The molecule has 2 aromatic carbocycles. The molecular weight excluding hydrogens is 356 g/mol. The molecule has 1 N–H and O–H groups in total. The molecule has 140 valence electrons. The maximum atomic E-state index is 12.9. The molecule has 1 saturated heterocycles.